The molecule has 4 rings (SSSR count). The maximum Gasteiger partial charge on any atom is 0.422 e. The lowest BCUT2D eigenvalue weighted by atomic mass is 10.0. The number of pyridine rings is 1. The molecular weight excluding hydrogens is 468 g/mol. The van der Waals surface area contributed by atoms with Crippen LogP contribution in [-0.2, 0) is 11.3 Å². The van der Waals surface area contributed by atoms with Gasteiger partial charge in [-0.1, -0.05) is 12.1 Å². The van der Waals surface area contributed by atoms with Gasteiger partial charge in [0.1, 0.15) is 23.6 Å². The number of carbonyl (C=O) groups is 1. The predicted molar refractivity (Wildman–Crippen MR) is 146 cm³/mol. The third kappa shape index (κ3) is 7.61. The van der Waals surface area contributed by atoms with Gasteiger partial charge in [0, 0.05) is 44.4 Å². The molecule has 0 radical (unpaired) electrons. The van der Waals surface area contributed by atoms with Crippen molar-refractivity contribution in [1.29, 1.82) is 0 Å². The number of hydrogen-bond acceptors (Lipinski definition) is 9. The van der Waals surface area contributed by atoms with E-state index in [1.54, 1.807) is 6.33 Å². The number of nitrogens with zero attached hydrogens (tertiary/aromatic N) is 5. The van der Waals surface area contributed by atoms with Gasteiger partial charge in [0.15, 0.2) is 0 Å². The van der Waals surface area contributed by atoms with Crippen molar-refractivity contribution >= 4 is 23.4 Å². The van der Waals surface area contributed by atoms with Gasteiger partial charge >= 0.3 is 6.09 Å². The quantitative estimate of drug-likeness (QED) is 0.413. The largest absolute Gasteiger partial charge is 0.443 e. The molecule has 3 aromatic rings. The number of likely N-dealkylation sites (N-methyl/N-ethyl adjacent to an activating group) is 1. The molecule has 3 N–H and O–H groups in total. The zero-order chi connectivity index (χ0) is 26.4. The summed E-state index contributed by atoms with van der Waals surface area (Å²) < 4.78 is 5.23. The molecule has 0 saturated carbocycles. The van der Waals surface area contributed by atoms with Gasteiger partial charge in [-0.15, -0.1) is 0 Å². The number of hydrazine groups is 1. The van der Waals surface area contributed by atoms with Gasteiger partial charge in [-0.25, -0.2) is 25.2 Å². The predicted octanol–water partition coefficient (Wildman–Crippen LogP) is 3.87. The first-order chi connectivity index (χ1) is 17.7. The number of aryl methyl sites for hydroxylation is 1. The molecule has 0 unspecified atom stereocenters. The van der Waals surface area contributed by atoms with Crippen molar-refractivity contribution in [2.45, 2.75) is 39.8 Å². The van der Waals surface area contributed by atoms with E-state index >= 15 is 0 Å². The summed E-state index contributed by atoms with van der Waals surface area (Å²) in [5.74, 6) is 1.41. The van der Waals surface area contributed by atoms with Crippen LogP contribution < -0.4 is 21.1 Å². The average Bonchev–Trinajstić information content (AvgIpc) is 2.85. The number of nitrogens with one attached hydrogen (secondary N) is 3. The first-order valence-electron chi connectivity index (χ1n) is 12.5. The van der Waals surface area contributed by atoms with Crippen LogP contribution in [0.3, 0.4) is 0 Å². The Bertz CT molecular complexity index is 1200. The van der Waals surface area contributed by atoms with Gasteiger partial charge in [-0.05, 0) is 64.1 Å². The molecule has 1 aliphatic heterocycles. The Labute approximate surface area is 218 Å². The number of hydrogen-bond donors (Lipinski definition) is 3. The molecule has 1 aliphatic rings. The normalized spacial score (nSPS) is 14.4. The number of rotatable bonds is 7. The Morgan fingerprint density at radius 1 is 1.00 bits per heavy atom. The second kappa shape index (κ2) is 11.5. The molecule has 10 nitrogen and oxygen atoms in total. The van der Waals surface area contributed by atoms with Crippen molar-refractivity contribution in [3.05, 3.63) is 60.0 Å². The number of carbonyl (C=O) groups excluding carboxylic acids is 1. The molecule has 196 valence electrons. The van der Waals surface area contributed by atoms with E-state index in [1.165, 1.54) is 0 Å². The monoisotopic (exact) mass is 504 g/mol. The van der Waals surface area contributed by atoms with Crippen LogP contribution in [0, 0.1) is 6.92 Å². The number of anilines is 3. The minimum absolute atomic E-state index is 0.470. The summed E-state index contributed by atoms with van der Waals surface area (Å²) in [6, 6.07) is 12.1. The van der Waals surface area contributed by atoms with Crippen LogP contribution in [-0.4, -0.2) is 64.8 Å². The fourth-order valence-corrected chi connectivity index (χ4v) is 4.00. The highest BCUT2D eigenvalue weighted by molar-refractivity contribution is 5.67. The summed E-state index contributed by atoms with van der Waals surface area (Å²) in [5, 5.41) is 3.28. The summed E-state index contributed by atoms with van der Waals surface area (Å²) in [5.41, 5.74) is 9.98. The molecule has 10 heteroatoms. The lowest BCUT2D eigenvalue weighted by Crippen LogP contribution is -2.44. The van der Waals surface area contributed by atoms with Crippen LogP contribution in [0.5, 0.6) is 0 Å². The summed E-state index contributed by atoms with van der Waals surface area (Å²) in [6.45, 7) is 12.1. The summed E-state index contributed by atoms with van der Waals surface area (Å²) in [6.07, 6.45) is 2.95. The number of ether oxygens (including phenoxy) is 1. The first-order valence-corrected chi connectivity index (χ1v) is 12.5. The van der Waals surface area contributed by atoms with E-state index in [0.29, 0.717) is 12.4 Å². The van der Waals surface area contributed by atoms with Crippen molar-refractivity contribution in [3.63, 3.8) is 0 Å². The van der Waals surface area contributed by atoms with E-state index in [4.69, 9.17) is 4.74 Å². The highest BCUT2D eigenvalue weighted by Crippen LogP contribution is 2.24. The zero-order valence-electron chi connectivity index (χ0n) is 22.2. The number of amides is 1. The van der Waals surface area contributed by atoms with Crippen molar-refractivity contribution in [1.82, 2.24) is 30.7 Å². The lowest BCUT2D eigenvalue weighted by Gasteiger charge is -2.33. The topological polar surface area (TPSA) is 108 Å². The molecule has 2 aromatic heterocycles. The summed E-state index contributed by atoms with van der Waals surface area (Å²) in [4.78, 5) is 29.9. The highest BCUT2D eigenvalue weighted by Gasteiger charge is 2.16. The molecule has 0 atom stereocenters. The standard InChI is InChI=1S/C27H36N8O2/c1-19-14-20(6-7-21(19)16-31-33-26(36)37-27(2,3)4)23-15-25(30-18-29-23)32-24-9-8-22(17-28-24)35-12-10-34(5)11-13-35/h6-9,14-15,17-18,31H,10-13,16H2,1-5H3,(H,33,36)(H,28,29,30,32). The van der Waals surface area contributed by atoms with Crippen LogP contribution in [0.15, 0.2) is 48.9 Å². The van der Waals surface area contributed by atoms with Crippen LogP contribution in [0.1, 0.15) is 31.9 Å². The summed E-state index contributed by atoms with van der Waals surface area (Å²) >= 11 is 0. The molecule has 1 saturated heterocycles. The van der Waals surface area contributed by atoms with E-state index < -0.39 is 11.7 Å². The van der Waals surface area contributed by atoms with Crippen molar-refractivity contribution < 1.29 is 9.53 Å². The van der Waals surface area contributed by atoms with Gasteiger partial charge in [-0.3, -0.25) is 5.43 Å². The van der Waals surface area contributed by atoms with E-state index in [9.17, 15) is 4.79 Å². The van der Waals surface area contributed by atoms with Gasteiger partial charge in [-0.2, -0.15) is 0 Å². The average molecular weight is 505 g/mol. The number of aromatic nitrogens is 3. The smallest absolute Gasteiger partial charge is 0.422 e. The van der Waals surface area contributed by atoms with Crippen LogP contribution in [0.4, 0.5) is 22.1 Å². The Balaban J connectivity index is 1.35. The third-order valence-corrected chi connectivity index (χ3v) is 6.05. The Morgan fingerprint density at radius 3 is 2.46 bits per heavy atom. The number of piperazine rings is 1. The van der Waals surface area contributed by atoms with Crippen LogP contribution in [0.2, 0.25) is 0 Å². The molecular formula is C27H36N8O2. The Morgan fingerprint density at radius 2 is 1.78 bits per heavy atom. The third-order valence-electron chi connectivity index (χ3n) is 6.05. The molecule has 37 heavy (non-hydrogen) atoms. The molecule has 3 heterocycles. The molecule has 0 bridgehead atoms. The zero-order valence-corrected chi connectivity index (χ0v) is 22.2. The summed E-state index contributed by atoms with van der Waals surface area (Å²) in [7, 11) is 2.15. The van der Waals surface area contributed by atoms with E-state index in [-0.39, 0.29) is 0 Å². The van der Waals surface area contributed by atoms with Gasteiger partial charge in [0.2, 0.25) is 0 Å². The molecule has 1 fully saturated rings. The second-order valence-corrected chi connectivity index (χ2v) is 10.2. The highest BCUT2D eigenvalue weighted by atomic mass is 16.6. The minimum Gasteiger partial charge on any atom is -0.443 e. The van der Waals surface area contributed by atoms with Crippen LogP contribution >= 0.6 is 0 Å². The van der Waals surface area contributed by atoms with E-state index in [2.05, 4.69) is 60.1 Å². The van der Waals surface area contributed by atoms with Gasteiger partial charge < -0.3 is 19.9 Å². The maximum absolute atomic E-state index is 11.8. The first kappa shape index (κ1) is 26.3. The SMILES string of the molecule is Cc1cc(-c2cc(Nc3ccc(N4CCN(C)CC4)cn3)ncn2)ccc1CNNC(=O)OC(C)(C)C. The fourth-order valence-electron chi connectivity index (χ4n) is 4.00. The minimum atomic E-state index is -0.543. The number of benzene rings is 1. The Kier molecular flexibility index (Phi) is 8.20. The lowest BCUT2D eigenvalue weighted by molar-refractivity contribution is 0.0497. The van der Waals surface area contributed by atoms with Crippen LogP contribution in [0.25, 0.3) is 11.3 Å². The second-order valence-electron chi connectivity index (χ2n) is 10.2. The maximum atomic E-state index is 11.8. The Hall–Kier alpha value is -3.76. The van der Waals surface area contributed by atoms with Gasteiger partial charge in [0.05, 0.1) is 17.6 Å². The van der Waals surface area contributed by atoms with E-state index in [0.717, 1.165) is 60.1 Å². The fraction of sp³-hybridized carbons (Fsp3) is 0.407. The van der Waals surface area contributed by atoms with Crippen molar-refractivity contribution in [2.75, 3.05) is 43.4 Å². The molecule has 0 spiro atoms. The molecule has 0 aliphatic carbocycles. The molecule has 1 aromatic carbocycles. The van der Waals surface area contributed by atoms with E-state index in [1.807, 2.05) is 58.2 Å². The molecule has 1 amide bonds. The van der Waals surface area contributed by atoms with Crippen molar-refractivity contribution in [3.8, 4) is 11.3 Å². The van der Waals surface area contributed by atoms with Gasteiger partial charge in [0.25, 0.3) is 0 Å². The van der Waals surface area contributed by atoms with Crippen molar-refractivity contribution in [2.24, 2.45) is 0 Å².